The van der Waals surface area contributed by atoms with E-state index in [0.717, 1.165) is 26.1 Å². The number of carbonyl (C=O) groups is 1. The number of rotatable bonds is 4. The van der Waals surface area contributed by atoms with Crippen LogP contribution < -0.4 is 11.1 Å². The topological polar surface area (TPSA) is 67.6 Å². The number of nitrogens with two attached hydrogens (primary N) is 1. The fraction of sp³-hybridized carbons (Fsp3) is 0.500. The zero-order valence-corrected chi connectivity index (χ0v) is 11.3. The Morgan fingerprint density at radius 2 is 2.21 bits per heavy atom. The number of alkyl carbamates (subject to hydrolysis) is 1. The SMILES string of the molecule is COC(=O)NC1CCN(Cc2ccccc2CN)C1. The van der Waals surface area contributed by atoms with E-state index in [2.05, 4.69) is 27.1 Å². The highest BCUT2D eigenvalue weighted by Crippen LogP contribution is 2.16. The van der Waals surface area contributed by atoms with Gasteiger partial charge in [-0.05, 0) is 17.5 Å². The summed E-state index contributed by atoms with van der Waals surface area (Å²) in [5, 5.41) is 2.85. The summed E-state index contributed by atoms with van der Waals surface area (Å²) >= 11 is 0. The Morgan fingerprint density at radius 1 is 1.47 bits per heavy atom. The lowest BCUT2D eigenvalue weighted by Gasteiger charge is -2.18. The van der Waals surface area contributed by atoms with Crippen LogP contribution in [0.25, 0.3) is 0 Å². The van der Waals surface area contributed by atoms with Gasteiger partial charge in [0.25, 0.3) is 0 Å². The molecule has 2 rings (SSSR count). The number of hydrogen-bond acceptors (Lipinski definition) is 4. The molecular weight excluding hydrogens is 242 g/mol. The summed E-state index contributed by atoms with van der Waals surface area (Å²) in [5.74, 6) is 0. The van der Waals surface area contributed by atoms with Gasteiger partial charge in [-0.25, -0.2) is 4.79 Å². The van der Waals surface area contributed by atoms with Crippen molar-refractivity contribution in [2.24, 2.45) is 5.73 Å². The molecule has 104 valence electrons. The first kappa shape index (κ1) is 13.8. The largest absolute Gasteiger partial charge is 0.453 e. The quantitative estimate of drug-likeness (QED) is 0.853. The number of benzene rings is 1. The van der Waals surface area contributed by atoms with Crippen molar-refractivity contribution in [3.8, 4) is 0 Å². The molecule has 0 aliphatic carbocycles. The summed E-state index contributed by atoms with van der Waals surface area (Å²) in [5.41, 5.74) is 8.20. The molecule has 1 aromatic carbocycles. The molecule has 0 spiro atoms. The molecule has 1 atom stereocenters. The number of amides is 1. The maximum absolute atomic E-state index is 11.2. The van der Waals surface area contributed by atoms with Gasteiger partial charge in [0.2, 0.25) is 0 Å². The molecule has 0 bridgehead atoms. The van der Waals surface area contributed by atoms with E-state index in [4.69, 9.17) is 5.73 Å². The smallest absolute Gasteiger partial charge is 0.407 e. The average molecular weight is 263 g/mol. The molecule has 1 aromatic rings. The Bertz CT molecular complexity index is 436. The normalized spacial score (nSPS) is 19.4. The molecular formula is C14H21N3O2. The zero-order valence-electron chi connectivity index (χ0n) is 11.3. The second-order valence-electron chi connectivity index (χ2n) is 4.83. The molecule has 1 fully saturated rings. The first-order valence-electron chi connectivity index (χ1n) is 6.56. The van der Waals surface area contributed by atoms with Crippen LogP contribution in [0.5, 0.6) is 0 Å². The van der Waals surface area contributed by atoms with E-state index in [1.54, 1.807) is 0 Å². The summed E-state index contributed by atoms with van der Waals surface area (Å²) in [4.78, 5) is 13.5. The standard InChI is InChI=1S/C14H21N3O2/c1-19-14(18)16-13-6-7-17(10-13)9-12-5-3-2-4-11(12)8-15/h2-5,13H,6-10,15H2,1H3,(H,16,18). The van der Waals surface area contributed by atoms with Gasteiger partial charge in [0.05, 0.1) is 7.11 Å². The van der Waals surface area contributed by atoms with Crippen molar-refractivity contribution in [2.75, 3.05) is 20.2 Å². The first-order valence-corrected chi connectivity index (χ1v) is 6.56. The lowest BCUT2D eigenvalue weighted by molar-refractivity contribution is 0.166. The molecule has 0 radical (unpaired) electrons. The molecule has 0 saturated carbocycles. The van der Waals surface area contributed by atoms with Gasteiger partial charge in [-0.3, -0.25) is 4.90 Å². The van der Waals surface area contributed by atoms with Crippen LogP contribution in [0.15, 0.2) is 24.3 Å². The van der Waals surface area contributed by atoms with E-state index in [0.29, 0.717) is 6.54 Å². The molecule has 1 aliphatic rings. The Labute approximate surface area is 113 Å². The van der Waals surface area contributed by atoms with Gasteiger partial charge < -0.3 is 15.8 Å². The van der Waals surface area contributed by atoms with E-state index < -0.39 is 0 Å². The third-order valence-corrected chi connectivity index (χ3v) is 3.51. The Kier molecular flexibility index (Phi) is 4.76. The number of likely N-dealkylation sites (tertiary alicyclic amines) is 1. The van der Waals surface area contributed by atoms with E-state index in [1.807, 2.05) is 12.1 Å². The predicted octanol–water partition coefficient (Wildman–Crippen LogP) is 1.08. The highest BCUT2D eigenvalue weighted by Gasteiger charge is 2.24. The summed E-state index contributed by atoms with van der Waals surface area (Å²) < 4.78 is 4.62. The van der Waals surface area contributed by atoms with Gasteiger partial charge >= 0.3 is 6.09 Å². The highest BCUT2D eigenvalue weighted by molar-refractivity contribution is 5.67. The first-order chi connectivity index (χ1) is 9.22. The van der Waals surface area contributed by atoms with Gasteiger partial charge in [0.15, 0.2) is 0 Å². The molecule has 1 heterocycles. The Balaban J connectivity index is 1.89. The zero-order chi connectivity index (χ0) is 13.7. The third kappa shape index (κ3) is 3.68. The summed E-state index contributed by atoms with van der Waals surface area (Å²) in [6.07, 6.45) is 0.606. The lowest BCUT2D eigenvalue weighted by Crippen LogP contribution is -2.36. The van der Waals surface area contributed by atoms with Crippen LogP contribution in [-0.4, -0.2) is 37.2 Å². The molecule has 5 nitrogen and oxygen atoms in total. The summed E-state index contributed by atoms with van der Waals surface area (Å²) in [6, 6.07) is 8.41. The number of nitrogens with zero attached hydrogens (tertiary/aromatic N) is 1. The van der Waals surface area contributed by atoms with Gasteiger partial charge in [-0.1, -0.05) is 24.3 Å². The number of hydrogen-bond donors (Lipinski definition) is 2. The fourth-order valence-corrected chi connectivity index (χ4v) is 2.47. The van der Waals surface area contributed by atoms with E-state index in [-0.39, 0.29) is 12.1 Å². The molecule has 0 aromatic heterocycles. The molecule has 19 heavy (non-hydrogen) atoms. The average Bonchev–Trinajstić information content (AvgIpc) is 2.86. The van der Waals surface area contributed by atoms with Crippen molar-refractivity contribution in [3.63, 3.8) is 0 Å². The molecule has 5 heteroatoms. The molecule has 3 N–H and O–H groups in total. The van der Waals surface area contributed by atoms with Crippen LogP contribution >= 0.6 is 0 Å². The van der Waals surface area contributed by atoms with Crippen LogP contribution in [0.1, 0.15) is 17.5 Å². The number of methoxy groups -OCH3 is 1. The third-order valence-electron chi connectivity index (χ3n) is 3.51. The van der Waals surface area contributed by atoms with Crippen LogP contribution in [-0.2, 0) is 17.8 Å². The van der Waals surface area contributed by atoms with E-state index >= 15 is 0 Å². The van der Waals surface area contributed by atoms with E-state index in [9.17, 15) is 4.79 Å². The van der Waals surface area contributed by atoms with Crippen LogP contribution in [0.3, 0.4) is 0 Å². The van der Waals surface area contributed by atoms with Gasteiger partial charge in [-0.15, -0.1) is 0 Å². The van der Waals surface area contributed by atoms with Crippen molar-refractivity contribution < 1.29 is 9.53 Å². The minimum Gasteiger partial charge on any atom is -0.453 e. The second-order valence-corrected chi connectivity index (χ2v) is 4.83. The molecule has 1 aliphatic heterocycles. The van der Waals surface area contributed by atoms with Crippen LogP contribution in [0.2, 0.25) is 0 Å². The van der Waals surface area contributed by atoms with Crippen molar-refractivity contribution in [1.82, 2.24) is 10.2 Å². The summed E-state index contributed by atoms with van der Waals surface area (Å²) in [6.45, 7) is 3.28. The van der Waals surface area contributed by atoms with E-state index in [1.165, 1.54) is 18.2 Å². The molecule has 1 amide bonds. The lowest BCUT2D eigenvalue weighted by atomic mass is 10.1. The van der Waals surface area contributed by atoms with Crippen LogP contribution in [0.4, 0.5) is 4.79 Å². The molecule has 1 saturated heterocycles. The number of ether oxygens (including phenoxy) is 1. The minimum atomic E-state index is -0.353. The number of nitrogens with one attached hydrogen (secondary N) is 1. The van der Waals surface area contributed by atoms with Gasteiger partial charge in [0, 0.05) is 32.2 Å². The fourth-order valence-electron chi connectivity index (χ4n) is 2.47. The summed E-state index contributed by atoms with van der Waals surface area (Å²) in [7, 11) is 1.39. The van der Waals surface area contributed by atoms with Crippen molar-refractivity contribution in [2.45, 2.75) is 25.6 Å². The van der Waals surface area contributed by atoms with Crippen molar-refractivity contribution in [1.29, 1.82) is 0 Å². The van der Waals surface area contributed by atoms with Gasteiger partial charge in [-0.2, -0.15) is 0 Å². The second kappa shape index (κ2) is 6.54. The maximum Gasteiger partial charge on any atom is 0.407 e. The monoisotopic (exact) mass is 263 g/mol. The number of carbonyl (C=O) groups excluding carboxylic acids is 1. The Hall–Kier alpha value is -1.59. The van der Waals surface area contributed by atoms with Crippen molar-refractivity contribution in [3.05, 3.63) is 35.4 Å². The maximum atomic E-state index is 11.2. The predicted molar refractivity (Wildman–Crippen MR) is 73.6 cm³/mol. The van der Waals surface area contributed by atoms with Gasteiger partial charge in [0.1, 0.15) is 0 Å². The highest BCUT2D eigenvalue weighted by atomic mass is 16.5. The Morgan fingerprint density at radius 3 is 2.89 bits per heavy atom. The van der Waals surface area contributed by atoms with Crippen LogP contribution in [0, 0.1) is 0 Å². The molecule has 1 unspecified atom stereocenters. The minimum absolute atomic E-state index is 0.178. The van der Waals surface area contributed by atoms with Crippen molar-refractivity contribution >= 4 is 6.09 Å².